The topological polar surface area (TPSA) is 61.8 Å². The smallest absolute Gasteiger partial charge is 0.404 e. The fourth-order valence-corrected chi connectivity index (χ4v) is 2.45. The van der Waals surface area contributed by atoms with Crippen molar-refractivity contribution >= 4 is 13.6 Å². The maximum atomic E-state index is 13.8. The third kappa shape index (κ3) is 3.34. The van der Waals surface area contributed by atoms with Crippen LogP contribution in [0.25, 0.3) is 0 Å². The van der Waals surface area contributed by atoms with Crippen molar-refractivity contribution < 1.29 is 31.9 Å². The van der Waals surface area contributed by atoms with E-state index in [1.165, 1.54) is 13.8 Å². The molecule has 0 rings (SSSR count). The molecule has 0 aromatic heterocycles. The van der Waals surface area contributed by atoms with Gasteiger partial charge >= 0.3 is 19.2 Å². The van der Waals surface area contributed by atoms with Crippen LogP contribution in [0.3, 0.4) is 0 Å². The van der Waals surface area contributed by atoms with E-state index in [1.807, 2.05) is 0 Å². The molecule has 0 aromatic rings. The summed E-state index contributed by atoms with van der Waals surface area (Å²) in [5.74, 6) is -1.37. The Morgan fingerprint density at radius 3 is 2.00 bits per heavy atom. The molecule has 100 valence electrons. The summed E-state index contributed by atoms with van der Waals surface area (Å²) in [6.07, 6.45) is 0. The molecule has 0 spiro atoms. The van der Waals surface area contributed by atoms with E-state index >= 15 is 0 Å². The molecule has 0 aliphatic carbocycles. The Hall–Kier alpha value is -0.780. The Morgan fingerprint density at radius 2 is 1.71 bits per heavy atom. The van der Waals surface area contributed by atoms with Gasteiger partial charge in [-0.25, -0.2) is 4.79 Å². The number of carbonyl (C=O) groups is 1. The molecule has 0 saturated heterocycles. The van der Waals surface area contributed by atoms with Crippen LogP contribution in [0.4, 0.5) is 8.78 Å². The fraction of sp³-hybridized carbons (Fsp3) is 0.667. The molecule has 0 heterocycles. The Balaban J connectivity index is 5.28. The van der Waals surface area contributed by atoms with E-state index in [9.17, 15) is 18.1 Å². The summed E-state index contributed by atoms with van der Waals surface area (Å²) in [4.78, 5) is 11.0. The molecule has 0 amide bonds. The molecule has 0 unspecified atom stereocenters. The summed E-state index contributed by atoms with van der Waals surface area (Å²) in [6.45, 7) is 5.13. The lowest BCUT2D eigenvalue weighted by Gasteiger charge is -2.25. The van der Waals surface area contributed by atoms with Gasteiger partial charge in [-0.05, 0) is 13.8 Å². The predicted octanol–water partition coefficient (Wildman–Crippen LogP) is 2.57. The number of hydrogen-bond donors (Lipinski definition) is 0. The Kier molecular flexibility index (Phi) is 5.95. The lowest BCUT2D eigenvalue weighted by atomic mass is 10.3. The molecular formula is C9H15F2O5P. The van der Waals surface area contributed by atoms with Crippen molar-refractivity contribution in [2.75, 3.05) is 20.3 Å². The van der Waals surface area contributed by atoms with Crippen LogP contribution in [-0.2, 0) is 23.1 Å². The van der Waals surface area contributed by atoms with Gasteiger partial charge in [-0.1, -0.05) is 6.58 Å². The van der Waals surface area contributed by atoms with Crippen molar-refractivity contribution in [2.24, 2.45) is 0 Å². The zero-order valence-corrected chi connectivity index (χ0v) is 10.8. The van der Waals surface area contributed by atoms with Gasteiger partial charge in [0, 0.05) is 0 Å². The number of rotatable bonds is 7. The maximum Gasteiger partial charge on any atom is 0.404 e. The molecule has 5 nitrogen and oxygen atoms in total. The predicted molar refractivity (Wildman–Crippen MR) is 57.0 cm³/mol. The largest absolute Gasteiger partial charge is 0.465 e. The van der Waals surface area contributed by atoms with E-state index in [0.29, 0.717) is 0 Å². The SMILES string of the molecule is C=C(C(=O)OC)C(F)(F)P(=O)(OCC)OCC. The van der Waals surface area contributed by atoms with Crippen LogP contribution in [0.15, 0.2) is 12.2 Å². The average Bonchev–Trinajstić information content (AvgIpc) is 2.27. The summed E-state index contributed by atoms with van der Waals surface area (Å²) in [5, 5.41) is 0. The summed E-state index contributed by atoms with van der Waals surface area (Å²) >= 11 is 0. The van der Waals surface area contributed by atoms with E-state index in [1.54, 1.807) is 0 Å². The van der Waals surface area contributed by atoms with Crippen molar-refractivity contribution in [3.8, 4) is 0 Å². The highest BCUT2D eigenvalue weighted by Crippen LogP contribution is 2.64. The molecular weight excluding hydrogens is 257 g/mol. The molecule has 0 aliphatic rings. The van der Waals surface area contributed by atoms with Crippen LogP contribution in [0.2, 0.25) is 0 Å². The van der Waals surface area contributed by atoms with Gasteiger partial charge in [0.25, 0.3) is 0 Å². The third-order valence-corrected chi connectivity index (χ3v) is 3.89. The number of carbonyl (C=O) groups excluding carboxylic acids is 1. The van der Waals surface area contributed by atoms with Crippen LogP contribution in [0.5, 0.6) is 0 Å². The zero-order chi connectivity index (χ0) is 13.7. The van der Waals surface area contributed by atoms with Crippen molar-refractivity contribution in [1.82, 2.24) is 0 Å². The molecule has 8 heteroatoms. The van der Waals surface area contributed by atoms with E-state index in [4.69, 9.17) is 0 Å². The highest BCUT2D eigenvalue weighted by atomic mass is 31.2. The number of ether oxygens (including phenoxy) is 1. The first-order chi connectivity index (χ1) is 7.76. The second kappa shape index (κ2) is 6.23. The van der Waals surface area contributed by atoms with Crippen LogP contribution in [0, 0.1) is 0 Å². The number of hydrogen-bond acceptors (Lipinski definition) is 5. The molecule has 17 heavy (non-hydrogen) atoms. The zero-order valence-electron chi connectivity index (χ0n) is 9.87. The van der Waals surface area contributed by atoms with Gasteiger partial charge in [-0.2, -0.15) is 8.78 Å². The molecule has 0 aliphatic heterocycles. The van der Waals surface area contributed by atoms with E-state index < -0.39 is 24.8 Å². The summed E-state index contributed by atoms with van der Waals surface area (Å²) < 4.78 is 52.4. The van der Waals surface area contributed by atoms with Crippen LogP contribution in [-0.4, -0.2) is 32.0 Å². The Labute approximate surface area is 98.3 Å². The number of esters is 1. The fourth-order valence-electron chi connectivity index (χ4n) is 0.951. The van der Waals surface area contributed by atoms with Gasteiger partial charge in [0.1, 0.15) is 5.57 Å². The summed E-state index contributed by atoms with van der Waals surface area (Å²) in [6, 6.07) is 0. The lowest BCUT2D eigenvalue weighted by Crippen LogP contribution is -2.27. The molecule has 0 atom stereocenters. The van der Waals surface area contributed by atoms with Gasteiger partial charge in [0.05, 0.1) is 20.3 Å². The van der Waals surface area contributed by atoms with Crippen LogP contribution in [0.1, 0.15) is 13.8 Å². The first-order valence-electron chi connectivity index (χ1n) is 4.81. The number of halogens is 2. The number of alkyl halides is 2. The molecule has 0 fully saturated rings. The Morgan fingerprint density at radius 1 is 1.29 bits per heavy atom. The second-order valence-corrected chi connectivity index (χ2v) is 4.92. The third-order valence-electron chi connectivity index (χ3n) is 1.74. The highest BCUT2D eigenvalue weighted by molar-refractivity contribution is 7.55. The van der Waals surface area contributed by atoms with Gasteiger partial charge < -0.3 is 13.8 Å². The minimum Gasteiger partial charge on any atom is -0.465 e. The molecule has 0 aromatic carbocycles. The van der Waals surface area contributed by atoms with Crippen LogP contribution >= 0.6 is 7.60 Å². The van der Waals surface area contributed by atoms with Crippen molar-refractivity contribution in [1.29, 1.82) is 0 Å². The van der Waals surface area contributed by atoms with Crippen molar-refractivity contribution in [2.45, 2.75) is 19.5 Å². The van der Waals surface area contributed by atoms with Gasteiger partial charge in [0.15, 0.2) is 0 Å². The standard InChI is InChI=1S/C9H15F2O5P/c1-5-15-17(13,16-6-2)9(10,11)7(3)8(12)14-4/h3,5-6H2,1-2,4H3. The number of methoxy groups -OCH3 is 1. The second-order valence-electron chi connectivity index (χ2n) is 2.84. The summed E-state index contributed by atoms with van der Waals surface area (Å²) in [7, 11) is -3.87. The van der Waals surface area contributed by atoms with Gasteiger partial charge in [-0.3, -0.25) is 4.57 Å². The van der Waals surface area contributed by atoms with E-state index in [2.05, 4.69) is 20.4 Å². The lowest BCUT2D eigenvalue weighted by molar-refractivity contribution is -0.138. The first-order valence-corrected chi connectivity index (χ1v) is 6.35. The summed E-state index contributed by atoms with van der Waals surface area (Å²) in [5.41, 5.74) is -5.38. The van der Waals surface area contributed by atoms with Crippen molar-refractivity contribution in [3.63, 3.8) is 0 Å². The van der Waals surface area contributed by atoms with E-state index in [-0.39, 0.29) is 13.2 Å². The van der Waals surface area contributed by atoms with Gasteiger partial charge in [-0.15, -0.1) is 0 Å². The maximum absolute atomic E-state index is 13.8. The molecule has 0 radical (unpaired) electrons. The van der Waals surface area contributed by atoms with Gasteiger partial charge in [0.2, 0.25) is 0 Å². The molecule has 0 bridgehead atoms. The average molecular weight is 272 g/mol. The molecule has 0 saturated carbocycles. The normalized spacial score (nSPS) is 12.3. The Bertz CT molecular complexity index is 332. The minimum atomic E-state index is -4.78. The molecule has 0 N–H and O–H groups in total. The highest BCUT2D eigenvalue weighted by Gasteiger charge is 2.57. The quantitative estimate of drug-likeness (QED) is 0.405. The van der Waals surface area contributed by atoms with Crippen LogP contribution < -0.4 is 0 Å². The first kappa shape index (κ1) is 16.2. The minimum absolute atomic E-state index is 0.249. The monoisotopic (exact) mass is 272 g/mol. The van der Waals surface area contributed by atoms with Crippen molar-refractivity contribution in [3.05, 3.63) is 12.2 Å². The van der Waals surface area contributed by atoms with E-state index in [0.717, 1.165) is 7.11 Å².